The van der Waals surface area contributed by atoms with Gasteiger partial charge in [-0.05, 0) is 49.1 Å². The van der Waals surface area contributed by atoms with Crippen molar-refractivity contribution in [2.45, 2.75) is 50.8 Å². The predicted octanol–water partition coefficient (Wildman–Crippen LogP) is 3.22. The Morgan fingerprint density at radius 1 is 1.10 bits per heavy atom. The number of fused-ring (bicyclic) bond motifs is 3. The molecule has 2 aromatic carbocycles. The summed E-state index contributed by atoms with van der Waals surface area (Å²) in [5.41, 5.74) is 5.31. The molecule has 2 heterocycles. The van der Waals surface area contributed by atoms with E-state index in [4.69, 9.17) is 9.73 Å². The summed E-state index contributed by atoms with van der Waals surface area (Å²) in [7, 11) is 1.68. The number of aliphatic hydroxyl groups excluding tert-OH is 1. The van der Waals surface area contributed by atoms with Crippen molar-refractivity contribution in [3.05, 3.63) is 59.2 Å². The lowest BCUT2D eigenvalue weighted by Gasteiger charge is -2.37. The summed E-state index contributed by atoms with van der Waals surface area (Å²) in [6.45, 7) is 2.68. The molecule has 1 fully saturated rings. The van der Waals surface area contributed by atoms with Gasteiger partial charge in [0, 0.05) is 22.6 Å². The summed E-state index contributed by atoms with van der Waals surface area (Å²) in [5.74, 6) is 1.69. The molecule has 0 saturated heterocycles. The Balaban J connectivity index is 1.54. The van der Waals surface area contributed by atoms with E-state index in [1.54, 1.807) is 11.9 Å². The Labute approximate surface area is 175 Å². The third kappa shape index (κ3) is 3.29. The summed E-state index contributed by atoms with van der Waals surface area (Å²) in [4.78, 5) is 6.73. The molecule has 1 aliphatic carbocycles. The number of aromatic nitrogens is 4. The number of ether oxygens (including phenoxy) is 1. The fourth-order valence-electron chi connectivity index (χ4n) is 4.55. The standard InChI is InChI=1S/C23H25N5O2/c1-3-28-26-23(25-27-28)15-6-4-14(5-7-15)22-20-13-17(30-2)9-10-18(20)19-12-16(29)8-11-21(19)24-22/h4-7,9-10,13,16,19,21,29H,3,8,11-12H2,1-2H3. The Bertz CT molecular complexity index is 1090. The molecule has 30 heavy (non-hydrogen) atoms. The number of methoxy groups -OCH3 is 1. The van der Waals surface area contributed by atoms with E-state index < -0.39 is 0 Å². The topological polar surface area (TPSA) is 85.4 Å². The predicted molar refractivity (Wildman–Crippen MR) is 114 cm³/mol. The van der Waals surface area contributed by atoms with Crippen LogP contribution in [-0.4, -0.2) is 50.3 Å². The summed E-state index contributed by atoms with van der Waals surface area (Å²) in [5, 5.41) is 22.8. The van der Waals surface area contributed by atoms with Crippen LogP contribution in [0.1, 0.15) is 48.8 Å². The van der Waals surface area contributed by atoms with E-state index in [0.29, 0.717) is 12.4 Å². The summed E-state index contributed by atoms with van der Waals surface area (Å²) < 4.78 is 5.48. The smallest absolute Gasteiger partial charge is 0.204 e. The molecule has 7 nitrogen and oxygen atoms in total. The van der Waals surface area contributed by atoms with Crippen molar-refractivity contribution in [2.24, 2.45) is 4.99 Å². The minimum absolute atomic E-state index is 0.204. The molecular weight excluding hydrogens is 378 g/mol. The molecule has 0 amide bonds. The molecule has 0 radical (unpaired) electrons. The first-order valence-electron chi connectivity index (χ1n) is 10.5. The second-order valence-electron chi connectivity index (χ2n) is 7.95. The average molecular weight is 403 g/mol. The highest BCUT2D eigenvalue weighted by Gasteiger charge is 2.36. The van der Waals surface area contributed by atoms with Crippen molar-refractivity contribution < 1.29 is 9.84 Å². The van der Waals surface area contributed by atoms with Gasteiger partial charge in [0.25, 0.3) is 0 Å². The van der Waals surface area contributed by atoms with E-state index in [-0.39, 0.29) is 18.1 Å². The van der Waals surface area contributed by atoms with Crippen LogP contribution in [-0.2, 0) is 6.54 Å². The SMILES string of the molecule is CCn1nnc(-c2ccc(C3=NC4CCC(O)CC4c4ccc(OC)cc43)cc2)n1. The highest BCUT2D eigenvalue weighted by Crippen LogP contribution is 2.42. The first kappa shape index (κ1) is 18.9. The van der Waals surface area contributed by atoms with Gasteiger partial charge < -0.3 is 9.84 Å². The van der Waals surface area contributed by atoms with Crippen LogP contribution in [0, 0.1) is 0 Å². The molecule has 5 rings (SSSR count). The fraction of sp³-hybridized carbons (Fsp3) is 0.391. The molecule has 3 unspecified atom stereocenters. The van der Waals surface area contributed by atoms with Gasteiger partial charge in [-0.3, -0.25) is 4.99 Å². The second-order valence-corrected chi connectivity index (χ2v) is 7.95. The monoisotopic (exact) mass is 403 g/mol. The number of aryl methyl sites for hydroxylation is 1. The van der Waals surface area contributed by atoms with Gasteiger partial charge in [-0.15, -0.1) is 10.2 Å². The van der Waals surface area contributed by atoms with Gasteiger partial charge in [0.2, 0.25) is 5.82 Å². The molecule has 7 heteroatoms. The van der Waals surface area contributed by atoms with Crippen molar-refractivity contribution in [2.75, 3.05) is 7.11 Å². The van der Waals surface area contributed by atoms with E-state index in [1.807, 2.05) is 25.1 Å². The third-order valence-corrected chi connectivity index (χ3v) is 6.15. The van der Waals surface area contributed by atoms with Gasteiger partial charge in [-0.25, -0.2) is 0 Å². The highest BCUT2D eigenvalue weighted by atomic mass is 16.5. The zero-order chi connectivity index (χ0) is 20.7. The summed E-state index contributed by atoms with van der Waals surface area (Å²) in [6.07, 6.45) is 2.23. The Morgan fingerprint density at radius 2 is 1.90 bits per heavy atom. The maximum Gasteiger partial charge on any atom is 0.204 e. The highest BCUT2D eigenvalue weighted by molar-refractivity contribution is 6.15. The molecular formula is C23H25N5O2. The number of aliphatic hydroxyl groups is 1. The molecule has 2 aliphatic rings. The van der Waals surface area contributed by atoms with Crippen LogP contribution in [0.5, 0.6) is 5.75 Å². The lowest BCUT2D eigenvalue weighted by Crippen LogP contribution is -2.34. The Morgan fingerprint density at radius 3 is 2.63 bits per heavy atom. The zero-order valence-corrected chi connectivity index (χ0v) is 17.2. The lowest BCUT2D eigenvalue weighted by molar-refractivity contribution is 0.111. The van der Waals surface area contributed by atoms with Crippen molar-refractivity contribution >= 4 is 5.71 Å². The van der Waals surface area contributed by atoms with Crippen LogP contribution in [0.25, 0.3) is 11.4 Å². The van der Waals surface area contributed by atoms with Crippen LogP contribution < -0.4 is 4.74 Å². The molecule has 154 valence electrons. The van der Waals surface area contributed by atoms with Crippen LogP contribution in [0.2, 0.25) is 0 Å². The minimum Gasteiger partial charge on any atom is -0.497 e. The third-order valence-electron chi connectivity index (χ3n) is 6.15. The van der Waals surface area contributed by atoms with Gasteiger partial charge in [-0.2, -0.15) is 4.80 Å². The summed E-state index contributed by atoms with van der Waals surface area (Å²) >= 11 is 0. The molecule has 0 bridgehead atoms. The molecule has 3 aromatic rings. The largest absolute Gasteiger partial charge is 0.497 e. The average Bonchev–Trinajstić information content (AvgIpc) is 3.28. The molecule has 1 N–H and O–H groups in total. The Kier molecular flexibility index (Phi) is 4.83. The van der Waals surface area contributed by atoms with Crippen LogP contribution in [0.15, 0.2) is 47.5 Å². The van der Waals surface area contributed by atoms with Crippen LogP contribution >= 0.6 is 0 Å². The number of hydrogen-bond donors (Lipinski definition) is 1. The summed E-state index contributed by atoms with van der Waals surface area (Å²) in [6, 6.07) is 14.6. The van der Waals surface area contributed by atoms with Gasteiger partial charge in [0.05, 0.1) is 31.5 Å². The molecule has 1 aromatic heterocycles. The molecule has 1 aliphatic heterocycles. The van der Waals surface area contributed by atoms with Crippen LogP contribution in [0.3, 0.4) is 0 Å². The first-order chi connectivity index (χ1) is 14.7. The van der Waals surface area contributed by atoms with Crippen LogP contribution in [0.4, 0.5) is 0 Å². The first-order valence-corrected chi connectivity index (χ1v) is 10.5. The maximum atomic E-state index is 10.2. The van der Waals surface area contributed by atoms with E-state index in [0.717, 1.165) is 47.4 Å². The van der Waals surface area contributed by atoms with Gasteiger partial charge in [0.15, 0.2) is 0 Å². The van der Waals surface area contributed by atoms with E-state index in [2.05, 4.69) is 39.7 Å². The van der Waals surface area contributed by atoms with Gasteiger partial charge >= 0.3 is 0 Å². The molecule has 3 atom stereocenters. The number of hydrogen-bond acceptors (Lipinski definition) is 6. The van der Waals surface area contributed by atoms with Crippen molar-refractivity contribution in [3.63, 3.8) is 0 Å². The van der Waals surface area contributed by atoms with E-state index in [9.17, 15) is 5.11 Å². The zero-order valence-electron chi connectivity index (χ0n) is 17.2. The lowest BCUT2D eigenvalue weighted by atomic mass is 9.74. The second kappa shape index (κ2) is 7.65. The molecule has 0 spiro atoms. The number of benzene rings is 2. The number of rotatable bonds is 4. The van der Waals surface area contributed by atoms with E-state index in [1.165, 1.54) is 5.56 Å². The number of nitrogens with zero attached hydrogens (tertiary/aromatic N) is 5. The Hall–Kier alpha value is -3.06. The van der Waals surface area contributed by atoms with Gasteiger partial charge in [-0.1, -0.05) is 30.3 Å². The van der Waals surface area contributed by atoms with E-state index >= 15 is 0 Å². The normalized spacial score (nSPS) is 22.8. The van der Waals surface area contributed by atoms with Crippen molar-refractivity contribution in [1.29, 1.82) is 0 Å². The maximum absolute atomic E-state index is 10.2. The van der Waals surface area contributed by atoms with Gasteiger partial charge in [0.1, 0.15) is 5.75 Å². The number of tetrazole rings is 1. The fourth-order valence-corrected chi connectivity index (χ4v) is 4.55. The minimum atomic E-state index is -0.249. The number of aliphatic imine (C=N–C) groups is 1. The molecule has 1 saturated carbocycles. The quantitative estimate of drug-likeness (QED) is 0.723. The van der Waals surface area contributed by atoms with Crippen molar-refractivity contribution in [3.8, 4) is 17.1 Å². The van der Waals surface area contributed by atoms with Crippen molar-refractivity contribution in [1.82, 2.24) is 20.2 Å².